The van der Waals surface area contributed by atoms with Gasteiger partial charge in [0.1, 0.15) is 0 Å². The second kappa shape index (κ2) is 11.1. The molecule has 1 heterocycles. The van der Waals surface area contributed by atoms with E-state index in [1.807, 2.05) is 0 Å². The van der Waals surface area contributed by atoms with Crippen molar-refractivity contribution in [1.82, 2.24) is 10.2 Å². The van der Waals surface area contributed by atoms with Gasteiger partial charge in [-0.15, -0.1) is 0 Å². The van der Waals surface area contributed by atoms with Crippen LogP contribution in [0.5, 0.6) is 0 Å². The maximum Gasteiger partial charge on any atom is 0.305 e. The predicted octanol–water partition coefficient (Wildman–Crippen LogP) is 5.65. The Kier molecular flexibility index (Phi) is 8.36. The predicted molar refractivity (Wildman–Crippen MR) is 149 cm³/mol. The quantitative estimate of drug-likeness (QED) is 0.408. The van der Waals surface area contributed by atoms with Crippen molar-refractivity contribution in [2.24, 2.45) is 46.3 Å². The van der Waals surface area contributed by atoms with Crippen LogP contribution in [0.3, 0.4) is 0 Å². The van der Waals surface area contributed by atoms with Crippen LogP contribution < -0.4 is 5.32 Å². The van der Waals surface area contributed by atoms with Crippen molar-refractivity contribution >= 4 is 5.97 Å². The number of ether oxygens (including phenoxy) is 1. The minimum Gasteiger partial charge on any atom is -0.469 e. The number of hydrogen-bond acceptors (Lipinski definition) is 5. The van der Waals surface area contributed by atoms with Crippen molar-refractivity contribution in [2.75, 3.05) is 27.2 Å². The fourth-order valence-electron chi connectivity index (χ4n) is 10.8. The van der Waals surface area contributed by atoms with Crippen molar-refractivity contribution in [1.29, 1.82) is 0 Å². The number of aliphatic hydroxyl groups is 1. The summed E-state index contributed by atoms with van der Waals surface area (Å²) in [7, 11) is 3.78. The number of rotatable bonds is 8. The maximum atomic E-state index is 11.8. The van der Waals surface area contributed by atoms with Crippen molar-refractivity contribution < 1.29 is 14.6 Å². The average Bonchev–Trinajstić information content (AvgIpc) is 3.46. The lowest BCUT2D eigenvalue weighted by molar-refractivity contribution is -0.170. The van der Waals surface area contributed by atoms with E-state index in [-0.39, 0.29) is 17.5 Å². The Morgan fingerprint density at radius 1 is 1.11 bits per heavy atom. The van der Waals surface area contributed by atoms with Gasteiger partial charge in [0.05, 0.1) is 13.2 Å². The summed E-state index contributed by atoms with van der Waals surface area (Å²) in [6, 6.07) is 1.47. The highest BCUT2D eigenvalue weighted by Crippen LogP contribution is 2.68. The Bertz CT molecular complexity index is 805. The van der Waals surface area contributed by atoms with Crippen molar-refractivity contribution in [3.63, 3.8) is 0 Å². The molecule has 11 atom stereocenters. The molecule has 0 amide bonds. The Morgan fingerprint density at radius 2 is 1.92 bits per heavy atom. The molecule has 0 bridgehead atoms. The fraction of sp³-hybridized carbons (Fsp3) is 0.969. The van der Waals surface area contributed by atoms with E-state index in [2.05, 4.69) is 38.0 Å². The van der Waals surface area contributed by atoms with Crippen LogP contribution in [0.2, 0.25) is 0 Å². The summed E-state index contributed by atoms with van der Waals surface area (Å²) in [4.78, 5) is 14.3. The van der Waals surface area contributed by atoms with Gasteiger partial charge in [0, 0.05) is 18.5 Å². The Balaban J connectivity index is 1.20. The van der Waals surface area contributed by atoms with E-state index < -0.39 is 0 Å². The van der Waals surface area contributed by atoms with Crippen LogP contribution in [0.25, 0.3) is 0 Å². The van der Waals surface area contributed by atoms with Gasteiger partial charge in [-0.1, -0.05) is 20.8 Å². The minimum atomic E-state index is -0.207. The van der Waals surface area contributed by atoms with E-state index in [0.29, 0.717) is 41.5 Å². The van der Waals surface area contributed by atoms with Crippen LogP contribution >= 0.6 is 0 Å². The number of methoxy groups -OCH3 is 1. The Morgan fingerprint density at radius 3 is 2.65 bits per heavy atom. The Labute approximate surface area is 226 Å². The van der Waals surface area contributed by atoms with E-state index in [1.54, 1.807) is 0 Å². The zero-order valence-corrected chi connectivity index (χ0v) is 24.5. The molecule has 0 aromatic rings. The Hall–Kier alpha value is -0.650. The number of likely N-dealkylation sites (tertiary alicyclic amines) is 1. The van der Waals surface area contributed by atoms with Gasteiger partial charge in [-0.2, -0.15) is 0 Å². The van der Waals surface area contributed by atoms with Gasteiger partial charge >= 0.3 is 5.97 Å². The summed E-state index contributed by atoms with van der Waals surface area (Å²) in [5, 5.41) is 15.8. The van der Waals surface area contributed by atoms with E-state index in [9.17, 15) is 9.90 Å². The first-order valence-corrected chi connectivity index (χ1v) is 15.9. The monoisotopic (exact) mass is 516 g/mol. The first-order chi connectivity index (χ1) is 17.7. The minimum absolute atomic E-state index is 0.00601. The molecule has 0 spiro atoms. The van der Waals surface area contributed by atoms with Crippen LogP contribution in [0.15, 0.2) is 0 Å². The number of carbonyl (C=O) groups is 1. The summed E-state index contributed by atoms with van der Waals surface area (Å²) in [6.45, 7) is 9.79. The maximum absolute atomic E-state index is 11.8. The van der Waals surface area contributed by atoms with Crippen LogP contribution in [-0.4, -0.2) is 61.4 Å². The molecule has 0 aromatic carbocycles. The topological polar surface area (TPSA) is 61.8 Å². The van der Waals surface area contributed by atoms with E-state index in [4.69, 9.17) is 4.74 Å². The largest absolute Gasteiger partial charge is 0.469 e. The number of esters is 1. The third kappa shape index (κ3) is 5.04. The standard InChI is InChI=1S/C32H56N2O3/c1-21(8-13-30(36)37-5)26-11-12-27-25-10-9-22-19-23(33-17-15-24-7-6-18-34(24)4)14-16-31(22,2)28(25)20-29(35)32(26,27)3/h21-29,33,35H,6-20H2,1-5H3. The second-order valence-corrected chi connectivity index (χ2v) is 14.5. The zero-order chi connectivity index (χ0) is 26.4. The molecule has 5 fully saturated rings. The molecule has 5 nitrogen and oxygen atoms in total. The number of hydrogen-bond donors (Lipinski definition) is 2. The molecule has 0 aromatic heterocycles. The number of nitrogens with zero attached hydrogens (tertiary/aromatic N) is 1. The van der Waals surface area contributed by atoms with Crippen LogP contribution in [0.1, 0.15) is 104 Å². The van der Waals surface area contributed by atoms with Gasteiger partial charge in [-0.25, -0.2) is 0 Å². The molecular weight excluding hydrogens is 460 g/mol. The summed E-state index contributed by atoms with van der Waals surface area (Å²) < 4.78 is 4.91. The van der Waals surface area contributed by atoms with Crippen molar-refractivity contribution in [3.8, 4) is 0 Å². The van der Waals surface area contributed by atoms with Gasteiger partial charge in [-0.05, 0) is 144 Å². The smallest absolute Gasteiger partial charge is 0.305 e. The van der Waals surface area contributed by atoms with Gasteiger partial charge in [0.15, 0.2) is 0 Å². The third-order valence-corrected chi connectivity index (χ3v) is 13.1. The fourth-order valence-corrected chi connectivity index (χ4v) is 10.8. The summed E-state index contributed by atoms with van der Waals surface area (Å²) in [5.74, 6) is 3.77. The highest BCUT2D eigenvalue weighted by Gasteiger charge is 2.63. The van der Waals surface area contributed by atoms with E-state index >= 15 is 0 Å². The first-order valence-electron chi connectivity index (χ1n) is 15.9. The van der Waals surface area contributed by atoms with Gasteiger partial charge in [-0.3, -0.25) is 4.79 Å². The van der Waals surface area contributed by atoms with Crippen LogP contribution in [0.4, 0.5) is 0 Å². The normalized spacial score (nSPS) is 46.6. The molecule has 212 valence electrons. The molecule has 5 rings (SSSR count). The number of aliphatic hydroxyl groups excluding tert-OH is 1. The van der Waals surface area contributed by atoms with Gasteiger partial charge in [0.2, 0.25) is 0 Å². The molecule has 4 saturated carbocycles. The molecule has 37 heavy (non-hydrogen) atoms. The van der Waals surface area contributed by atoms with Gasteiger partial charge < -0.3 is 20.1 Å². The lowest BCUT2D eigenvalue weighted by atomic mass is 9.43. The van der Waals surface area contributed by atoms with Crippen molar-refractivity contribution in [3.05, 3.63) is 0 Å². The molecule has 11 unspecified atom stereocenters. The highest BCUT2D eigenvalue weighted by molar-refractivity contribution is 5.69. The molecule has 5 aliphatic rings. The van der Waals surface area contributed by atoms with Crippen molar-refractivity contribution in [2.45, 2.75) is 122 Å². The summed E-state index contributed by atoms with van der Waals surface area (Å²) in [6.07, 6.45) is 15.4. The third-order valence-electron chi connectivity index (χ3n) is 13.1. The van der Waals surface area contributed by atoms with E-state index in [1.165, 1.54) is 84.4 Å². The molecule has 2 N–H and O–H groups in total. The van der Waals surface area contributed by atoms with Crippen LogP contribution in [-0.2, 0) is 9.53 Å². The number of nitrogens with one attached hydrogen (secondary N) is 1. The molecule has 0 radical (unpaired) electrons. The molecule has 4 aliphatic carbocycles. The van der Waals surface area contributed by atoms with Gasteiger partial charge in [0.25, 0.3) is 0 Å². The second-order valence-electron chi connectivity index (χ2n) is 14.5. The molecular formula is C32H56N2O3. The van der Waals surface area contributed by atoms with Crippen LogP contribution in [0, 0.1) is 46.3 Å². The number of fused-ring (bicyclic) bond motifs is 5. The SMILES string of the molecule is COC(=O)CCC(C)C1CCC2C3CCC4CC(NCCC5CCCN5C)CCC4(C)C3CC(O)C12C. The molecule has 1 saturated heterocycles. The number of carbonyl (C=O) groups excluding carboxylic acids is 1. The summed E-state index contributed by atoms with van der Waals surface area (Å²) >= 11 is 0. The van der Waals surface area contributed by atoms with E-state index in [0.717, 1.165) is 30.7 Å². The lowest BCUT2D eigenvalue weighted by Gasteiger charge is -2.62. The zero-order valence-electron chi connectivity index (χ0n) is 24.5. The molecule has 1 aliphatic heterocycles. The first kappa shape index (κ1) is 27.9. The highest BCUT2D eigenvalue weighted by atomic mass is 16.5. The molecule has 5 heteroatoms. The lowest BCUT2D eigenvalue weighted by Crippen LogP contribution is -2.59. The summed E-state index contributed by atoms with van der Waals surface area (Å²) in [5.41, 5.74) is 0.399. The average molecular weight is 517 g/mol.